The van der Waals surface area contributed by atoms with Crippen LogP contribution >= 0.6 is 0 Å². The molecule has 2 atom stereocenters. The molecule has 2 unspecified atom stereocenters. The van der Waals surface area contributed by atoms with Crippen molar-refractivity contribution >= 4 is 5.84 Å². The maximum Gasteiger partial charge on any atom is 0.392 e. The van der Waals surface area contributed by atoms with E-state index in [-0.39, 0.29) is 12.3 Å². The highest BCUT2D eigenvalue weighted by molar-refractivity contribution is 5.84. The summed E-state index contributed by atoms with van der Waals surface area (Å²) in [5.74, 6) is 3.55. The zero-order chi connectivity index (χ0) is 13.6. The molecule has 0 spiro atoms. The number of alkyl halides is 3. The van der Waals surface area contributed by atoms with E-state index in [2.05, 4.69) is 10.4 Å². The summed E-state index contributed by atoms with van der Waals surface area (Å²) in [6, 6.07) is 0. The Hall–Kier alpha value is -0.820. The van der Waals surface area contributed by atoms with Crippen molar-refractivity contribution in [3.63, 3.8) is 0 Å². The molecule has 1 rings (SSSR count). The molecule has 18 heavy (non-hydrogen) atoms. The van der Waals surface area contributed by atoms with Crippen LogP contribution in [-0.2, 0) is 4.74 Å². The lowest BCUT2D eigenvalue weighted by atomic mass is 9.78. The molecule has 0 aromatic carbocycles. The summed E-state index contributed by atoms with van der Waals surface area (Å²) in [6.45, 7) is 0.686. The van der Waals surface area contributed by atoms with Crippen LogP contribution in [0.2, 0.25) is 0 Å². The maximum absolute atomic E-state index is 12.9. The van der Waals surface area contributed by atoms with Gasteiger partial charge in [0.15, 0.2) is 0 Å². The highest BCUT2D eigenvalue weighted by atomic mass is 19.4. The molecule has 4 nitrogen and oxygen atoms in total. The molecule has 1 aliphatic carbocycles. The van der Waals surface area contributed by atoms with Crippen molar-refractivity contribution in [1.29, 1.82) is 0 Å². The van der Waals surface area contributed by atoms with Crippen molar-refractivity contribution in [2.75, 3.05) is 20.3 Å². The van der Waals surface area contributed by atoms with E-state index in [4.69, 9.17) is 10.6 Å². The van der Waals surface area contributed by atoms with Crippen LogP contribution in [-0.4, -0.2) is 32.3 Å². The summed E-state index contributed by atoms with van der Waals surface area (Å²) < 4.78 is 43.6. The van der Waals surface area contributed by atoms with Gasteiger partial charge < -0.3 is 10.2 Å². The van der Waals surface area contributed by atoms with Crippen LogP contribution in [0.25, 0.3) is 0 Å². The van der Waals surface area contributed by atoms with Crippen LogP contribution < -0.4 is 11.3 Å². The van der Waals surface area contributed by atoms with Gasteiger partial charge in [0.1, 0.15) is 5.84 Å². The summed E-state index contributed by atoms with van der Waals surface area (Å²) >= 11 is 0. The molecule has 106 valence electrons. The van der Waals surface area contributed by atoms with Gasteiger partial charge in [-0.3, -0.25) is 4.99 Å². The minimum absolute atomic E-state index is 0.152. The number of hydrogen-bond donors (Lipinski definition) is 2. The highest BCUT2D eigenvalue weighted by Gasteiger charge is 2.47. The molecular weight excluding hydrogens is 247 g/mol. The summed E-state index contributed by atoms with van der Waals surface area (Å²) in [7, 11) is 1.52. The van der Waals surface area contributed by atoms with Gasteiger partial charge in [-0.1, -0.05) is 12.8 Å². The Kier molecular flexibility index (Phi) is 5.87. The average Bonchev–Trinajstić information content (AvgIpc) is 2.34. The van der Waals surface area contributed by atoms with Crippen LogP contribution in [0.5, 0.6) is 0 Å². The lowest BCUT2D eigenvalue weighted by Gasteiger charge is -2.33. The van der Waals surface area contributed by atoms with E-state index in [1.54, 1.807) is 0 Å². The summed E-state index contributed by atoms with van der Waals surface area (Å²) in [5, 5.41) is 0. The topological polar surface area (TPSA) is 59.6 Å². The first-order chi connectivity index (χ1) is 8.50. The number of methoxy groups -OCH3 is 1. The van der Waals surface area contributed by atoms with Gasteiger partial charge in [-0.15, -0.1) is 0 Å². The monoisotopic (exact) mass is 267 g/mol. The molecule has 0 saturated heterocycles. The third-order valence-electron chi connectivity index (χ3n) is 3.26. The lowest BCUT2D eigenvalue weighted by Crippen LogP contribution is -2.45. The predicted octanol–water partition coefficient (Wildman–Crippen LogP) is 1.86. The minimum Gasteiger partial charge on any atom is -0.383 e. The average molecular weight is 267 g/mol. The molecule has 3 N–H and O–H groups in total. The number of aliphatic imine (C=N–C) groups is 1. The second-order valence-corrected chi connectivity index (χ2v) is 4.44. The Bertz CT molecular complexity index is 281. The Labute approximate surface area is 105 Å². The predicted molar refractivity (Wildman–Crippen MR) is 63.0 cm³/mol. The molecular formula is C11H20F3N3O. The first-order valence-corrected chi connectivity index (χ1v) is 6.07. The molecule has 1 saturated carbocycles. The Morgan fingerprint density at radius 2 is 2.06 bits per heavy atom. The van der Waals surface area contributed by atoms with Gasteiger partial charge >= 0.3 is 6.18 Å². The smallest absolute Gasteiger partial charge is 0.383 e. The third-order valence-corrected chi connectivity index (χ3v) is 3.26. The second kappa shape index (κ2) is 6.94. The number of hydrogen-bond acceptors (Lipinski definition) is 3. The fraction of sp³-hybridized carbons (Fsp3) is 0.909. The number of hydrazine groups is 1. The summed E-state index contributed by atoms with van der Waals surface area (Å²) in [5.41, 5.74) is 2.33. The first-order valence-electron chi connectivity index (χ1n) is 6.07. The van der Waals surface area contributed by atoms with E-state index in [1.807, 2.05) is 0 Å². The fourth-order valence-electron chi connectivity index (χ4n) is 2.38. The van der Waals surface area contributed by atoms with Crippen LogP contribution in [0.4, 0.5) is 13.2 Å². The van der Waals surface area contributed by atoms with Crippen molar-refractivity contribution in [3.05, 3.63) is 0 Å². The van der Waals surface area contributed by atoms with Gasteiger partial charge in [0, 0.05) is 13.0 Å². The number of rotatable bonds is 4. The molecule has 0 heterocycles. The Morgan fingerprint density at radius 1 is 1.39 bits per heavy atom. The van der Waals surface area contributed by atoms with Gasteiger partial charge in [-0.25, -0.2) is 5.84 Å². The maximum atomic E-state index is 12.9. The number of ether oxygens (including phenoxy) is 1. The Morgan fingerprint density at radius 3 is 2.61 bits per heavy atom. The number of nitrogens with two attached hydrogens (primary N) is 1. The van der Waals surface area contributed by atoms with E-state index < -0.39 is 18.0 Å². The van der Waals surface area contributed by atoms with Crippen LogP contribution in [0.3, 0.4) is 0 Å². The summed E-state index contributed by atoms with van der Waals surface area (Å²) in [6.07, 6.45) is -2.18. The van der Waals surface area contributed by atoms with Crippen LogP contribution in [0.1, 0.15) is 25.7 Å². The quantitative estimate of drug-likeness (QED) is 0.269. The molecule has 0 aromatic heterocycles. The number of nitrogens with one attached hydrogen (secondary N) is 1. The Balaban J connectivity index is 2.77. The normalized spacial score (nSPS) is 26.2. The van der Waals surface area contributed by atoms with Gasteiger partial charge in [-0.2, -0.15) is 13.2 Å². The number of halogens is 3. The minimum atomic E-state index is -4.19. The molecule has 0 bridgehead atoms. The molecule has 0 amide bonds. The van der Waals surface area contributed by atoms with E-state index in [9.17, 15) is 13.2 Å². The van der Waals surface area contributed by atoms with Crippen molar-refractivity contribution < 1.29 is 17.9 Å². The largest absolute Gasteiger partial charge is 0.392 e. The fourth-order valence-corrected chi connectivity index (χ4v) is 2.38. The van der Waals surface area contributed by atoms with Crippen LogP contribution in [0, 0.1) is 11.8 Å². The SMILES string of the molecule is COCCN=C(NN)C1CCCCC1C(F)(F)F. The number of amidine groups is 1. The van der Waals surface area contributed by atoms with Crippen molar-refractivity contribution in [2.45, 2.75) is 31.9 Å². The molecule has 1 aliphatic rings. The number of nitrogens with zero attached hydrogens (tertiary/aromatic N) is 1. The summed E-state index contributed by atoms with van der Waals surface area (Å²) in [4.78, 5) is 4.07. The van der Waals surface area contributed by atoms with E-state index >= 15 is 0 Å². The standard InChI is InChI=1S/C11H20F3N3O/c1-18-7-6-16-10(17-15)8-4-2-3-5-9(8)11(12,13)14/h8-9H,2-7,15H2,1H3,(H,16,17). The van der Waals surface area contributed by atoms with Gasteiger partial charge in [0.25, 0.3) is 0 Å². The third kappa shape index (κ3) is 4.13. The van der Waals surface area contributed by atoms with E-state index in [1.165, 1.54) is 7.11 Å². The molecule has 0 aliphatic heterocycles. The zero-order valence-electron chi connectivity index (χ0n) is 10.5. The zero-order valence-corrected chi connectivity index (χ0v) is 10.5. The lowest BCUT2D eigenvalue weighted by molar-refractivity contribution is -0.189. The van der Waals surface area contributed by atoms with Gasteiger partial charge in [0.2, 0.25) is 0 Å². The molecule has 0 aromatic rings. The van der Waals surface area contributed by atoms with Crippen molar-refractivity contribution in [2.24, 2.45) is 22.7 Å². The molecule has 7 heteroatoms. The highest BCUT2D eigenvalue weighted by Crippen LogP contribution is 2.41. The second-order valence-electron chi connectivity index (χ2n) is 4.44. The van der Waals surface area contributed by atoms with Gasteiger partial charge in [0.05, 0.1) is 19.1 Å². The van der Waals surface area contributed by atoms with Crippen LogP contribution in [0.15, 0.2) is 4.99 Å². The first kappa shape index (κ1) is 15.2. The van der Waals surface area contributed by atoms with Gasteiger partial charge in [-0.05, 0) is 12.8 Å². The van der Waals surface area contributed by atoms with E-state index in [0.29, 0.717) is 26.0 Å². The molecule has 0 radical (unpaired) electrons. The van der Waals surface area contributed by atoms with Crippen molar-refractivity contribution in [3.8, 4) is 0 Å². The molecule has 1 fully saturated rings. The van der Waals surface area contributed by atoms with Crippen molar-refractivity contribution in [1.82, 2.24) is 5.43 Å². The van der Waals surface area contributed by atoms with E-state index in [0.717, 1.165) is 6.42 Å².